The molecule has 2 aliphatic carbocycles. The molecule has 3 aromatic carbocycles. The zero-order chi connectivity index (χ0) is 29.0. The Hall–Kier alpha value is -4.96. The maximum atomic E-state index is 13.5. The van der Waals surface area contributed by atoms with Gasteiger partial charge < -0.3 is 9.64 Å². The molecular formula is C32H21BrN4O5. The molecule has 0 fully saturated rings. The Kier molecular flexibility index (Phi) is 6.27. The smallest absolute Gasteiger partial charge is 0.234 e. The first kappa shape index (κ1) is 26.0. The minimum Gasteiger partial charge on any atom is -0.487 e. The highest BCUT2D eigenvalue weighted by Gasteiger charge is 2.40. The molecular weight excluding hydrogens is 600 g/mol. The van der Waals surface area contributed by atoms with Crippen molar-refractivity contribution in [2.24, 2.45) is 0 Å². The maximum Gasteiger partial charge on any atom is 0.234 e. The number of carbonyl (C=O) groups excluding carboxylic acids is 4. The molecule has 1 atom stereocenters. The van der Waals surface area contributed by atoms with Gasteiger partial charge in [-0.2, -0.15) is 0 Å². The van der Waals surface area contributed by atoms with Crippen LogP contribution in [0.25, 0.3) is 5.76 Å². The van der Waals surface area contributed by atoms with Crippen molar-refractivity contribution in [3.63, 3.8) is 0 Å². The summed E-state index contributed by atoms with van der Waals surface area (Å²) in [4.78, 5) is 53.6. The Morgan fingerprint density at radius 3 is 2.24 bits per heavy atom. The van der Waals surface area contributed by atoms with Gasteiger partial charge in [-0.15, -0.1) is 5.10 Å². The lowest BCUT2D eigenvalue weighted by molar-refractivity contribution is -0.112. The summed E-state index contributed by atoms with van der Waals surface area (Å²) in [6.45, 7) is 0.477. The summed E-state index contributed by atoms with van der Waals surface area (Å²) in [6.07, 6.45) is 3.00. The van der Waals surface area contributed by atoms with Crippen LogP contribution in [0.2, 0.25) is 0 Å². The second-order valence-corrected chi connectivity index (χ2v) is 11.1. The van der Waals surface area contributed by atoms with E-state index in [2.05, 4.69) is 26.2 Å². The molecule has 3 aliphatic rings. The summed E-state index contributed by atoms with van der Waals surface area (Å²) >= 11 is 3.45. The number of allylic oxidation sites excluding steroid dienone is 2. The number of nitrogens with zero attached hydrogens (tertiary/aromatic N) is 4. The molecule has 0 N–H and O–H groups in total. The molecule has 1 unspecified atom stereocenters. The van der Waals surface area contributed by atoms with E-state index in [1.54, 1.807) is 58.2 Å². The number of carbonyl (C=O) groups is 4. The molecule has 0 saturated heterocycles. The summed E-state index contributed by atoms with van der Waals surface area (Å²) in [6, 6.07) is 21.2. The summed E-state index contributed by atoms with van der Waals surface area (Å²) in [5, 5.41) is 8.59. The van der Waals surface area contributed by atoms with Crippen molar-refractivity contribution in [2.45, 2.75) is 25.6 Å². The van der Waals surface area contributed by atoms with Crippen LogP contribution in [-0.4, -0.2) is 44.2 Å². The van der Waals surface area contributed by atoms with E-state index in [0.717, 1.165) is 4.47 Å². The number of hydrogen-bond acceptors (Lipinski definition) is 8. The van der Waals surface area contributed by atoms with Crippen molar-refractivity contribution in [1.29, 1.82) is 0 Å². The van der Waals surface area contributed by atoms with Crippen LogP contribution in [0, 0.1) is 0 Å². The lowest BCUT2D eigenvalue weighted by Gasteiger charge is -2.28. The van der Waals surface area contributed by atoms with Crippen molar-refractivity contribution in [3.8, 4) is 0 Å². The normalized spacial score (nSPS) is 17.5. The van der Waals surface area contributed by atoms with E-state index in [1.165, 1.54) is 6.08 Å². The predicted molar refractivity (Wildman–Crippen MR) is 156 cm³/mol. The summed E-state index contributed by atoms with van der Waals surface area (Å²) in [5.74, 6) is -1.09. The molecule has 0 bridgehead atoms. The van der Waals surface area contributed by atoms with Crippen molar-refractivity contribution < 1.29 is 23.9 Å². The molecule has 0 saturated carbocycles. The van der Waals surface area contributed by atoms with Crippen molar-refractivity contribution in [2.75, 3.05) is 4.90 Å². The average molecular weight is 621 g/mol. The number of ether oxygens (including phenoxy) is 1. The Bertz CT molecular complexity index is 1890. The number of ketones is 4. The van der Waals surface area contributed by atoms with Crippen molar-refractivity contribution in [1.82, 2.24) is 15.0 Å². The molecule has 0 radical (unpaired) electrons. The minimum atomic E-state index is -0.530. The van der Waals surface area contributed by atoms with Gasteiger partial charge in [-0.05, 0) is 24.3 Å². The fourth-order valence-electron chi connectivity index (χ4n) is 5.57. The van der Waals surface area contributed by atoms with Gasteiger partial charge in [0.05, 0.1) is 30.6 Å². The van der Waals surface area contributed by atoms with E-state index in [0.29, 0.717) is 51.5 Å². The third-order valence-corrected chi connectivity index (χ3v) is 8.08. The van der Waals surface area contributed by atoms with E-state index in [4.69, 9.17) is 4.74 Å². The zero-order valence-electron chi connectivity index (χ0n) is 22.0. The Morgan fingerprint density at radius 2 is 1.50 bits per heavy atom. The molecule has 206 valence electrons. The maximum absolute atomic E-state index is 13.5. The largest absolute Gasteiger partial charge is 0.487 e. The number of fused-ring (bicyclic) bond motifs is 3. The Balaban J connectivity index is 1.13. The van der Waals surface area contributed by atoms with Gasteiger partial charge in [-0.25, -0.2) is 4.68 Å². The summed E-state index contributed by atoms with van der Waals surface area (Å²) < 4.78 is 8.64. The highest BCUT2D eigenvalue weighted by Crippen LogP contribution is 2.39. The van der Waals surface area contributed by atoms with Crippen LogP contribution in [0.4, 0.5) is 5.69 Å². The van der Waals surface area contributed by atoms with Gasteiger partial charge in [0, 0.05) is 44.9 Å². The molecule has 1 aliphatic heterocycles. The second-order valence-electron chi connectivity index (χ2n) is 10.2. The summed E-state index contributed by atoms with van der Waals surface area (Å²) in [5.41, 5.74) is 3.62. The standard InChI is InChI=1S/C32H21BrN4O5/c33-18-9-11-20(12-10-18)37(27-14-28(38)22-5-1-2-6-23(22)29(27)39)16-19-15-36(35-34-19)17-21-13-26-31(41)30(40)24-7-3-4-8-25(24)32(26)42-21/h1-12,14-15,21H,13,16-17H2. The van der Waals surface area contributed by atoms with Crippen molar-refractivity contribution >= 4 is 50.5 Å². The van der Waals surface area contributed by atoms with Crippen LogP contribution in [0.1, 0.15) is 48.8 Å². The zero-order valence-corrected chi connectivity index (χ0v) is 23.6. The van der Waals surface area contributed by atoms with E-state index >= 15 is 0 Å². The average Bonchev–Trinajstić information content (AvgIpc) is 3.64. The Morgan fingerprint density at radius 1 is 0.833 bits per heavy atom. The predicted octanol–water partition coefficient (Wildman–Crippen LogP) is 4.98. The van der Waals surface area contributed by atoms with Gasteiger partial charge >= 0.3 is 0 Å². The molecule has 0 amide bonds. The van der Waals surface area contributed by atoms with Crippen LogP contribution in [0.5, 0.6) is 0 Å². The molecule has 0 spiro atoms. The van der Waals surface area contributed by atoms with Crippen LogP contribution >= 0.6 is 15.9 Å². The number of aromatic nitrogens is 3. The van der Waals surface area contributed by atoms with Crippen LogP contribution in [0.15, 0.2) is 101 Å². The fraction of sp³-hybridized carbons (Fsp3) is 0.125. The SMILES string of the molecule is O=C1C(=O)c2ccccc2C2=C1CC(Cn1cc(CN(C3=CC(=O)c4ccccc4C3=O)c3ccc(Br)cc3)nn1)O2. The van der Waals surface area contributed by atoms with Crippen LogP contribution < -0.4 is 4.90 Å². The van der Waals surface area contributed by atoms with E-state index in [1.807, 2.05) is 30.3 Å². The highest BCUT2D eigenvalue weighted by molar-refractivity contribution is 9.10. The van der Waals surface area contributed by atoms with Gasteiger partial charge in [0.25, 0.3) is 0 Å². The topological polar surface area (TPSA) is 111 Å². The molecule has 2 heterocycles. The van der Waals surface area contributed by atoms with Crippen LogP contribution in [-0.2, 0) is 22.6 Å². The van der Waals surface area contributed by atoms with Gasteiger partial charge in [0.2, 0.25) is 17.3 Å². The van der Waals surface area contributed by atoms with Gasteiger partial charge in [-0.1, -0.05) is 69.7 Å². The number of rotatable bonds is 6. The first-order valence-electron chi connectivity index (χ1n) is 13.3. The lowest BCUT2D eigenvalue weighted by Crippen LogP contribution is -2.31. The van der Waals surface area contributed by atoms with Gasteiger partial charge in [0.15, 0.2) is 5.78 Å². The quantitative estimate of drug-likeness (QED) is 0.278. The highest BCUT2D eigenvalue weighted by atomic mass is 79.9. The van der Waals surface area contributed by atoms with E-state index in [9.17, 15) is 19.2 Å². The number of benzene rings is 3. The van der Waals surface area contributed by atoms with Crippen molar-refractivity contribution in [3.05, 3.63) is 129 Å². The van der Waals surface area contributed by atoms with E-state index < -0.39 is 17.7 Å². The van der Waals surface area contributed by atoms with E-state index in [-0.39, 0.29) is 30.2 Å². The molecule has 1 aromatic heterocycles. The minimum absolute atomic E-state index is 0.176. The Labute approximate surface area is 248 Å². The van der Waals surface area contributed by atoms with Crippen LogP contribution in [0.3, 0.4) is 0 Å². The third kappa shape index (κ3) is 4.40. The second kappa shape index (κ2) is 10.1. The molecule has 42 heavy (non-hydrogen) atoms. The number of Topliss-reactive ketones (excluding diaryl/α,β-unsaturated/α-hetero) is 3. The lowest BCUT2D eigenvalue weighted by atomic mass is 9.88. The molecule has 4 aromatic rings. The molecule has 9 nitrogen and oxygen atoms in total. The first-order valence-corrected chi connectivity index (χ1v) is 14.1. The number of anilines is 1. The third-order valence-electron chi connectivity index (χ3n) is 7.55. The molecule has 7 rings (SSSR count). The number of hydrogen-bond donors (Lipinski definition) is 0. The van der Waals surface area contributed by atoms with Gasteiger partial charge in [0.1, 0.15) is 17.6 Å². The molecule has 10 heteroatoms. The summed E-state index contributed by atoms with van der Waals surface area (Å²) in [7, 11) is 0. The number of halogens is 1. The monoisotopic (exact) mass is 620 g/mol. The van der Waals surface area contributed by atoms with Gasteiger partial charge in [-0.3, -0.25) is 19.2 Å². The first-order chi connectivity index (χ1) is 20.4. The fourth-order valence-corrected chi connectivity index (χ4v) is 5.84.